The van der Waals surface area contributed by atoms with Crippen LogP contribution in [-0.2, 0) is 0 Å². The number of benzene rings is 1. The lowest BCUT2D eigenvalue weighted by atomic mass is 9.98. The molecule has 1 atom stereocenters. The highest BCUT2D eigenvalue weighted by molar-refractivity contribution is 5.74. The third kappa shape index (κ3) is 4.85. The summed E-state index contributed by atoms with van der Waals surface area (Å²) < 4.78 is 0. The van der Waals surface area contributed by atoms with Crippen molar-refractivity contribution in [2.45, 2.75) is 52.2 Å². The molecule has 0 aromatic heterocycles. The Kier molecular flexibility index (Phi) is 6.02. The summed E-state index contributed by atoms with van der Waals surface area (Å²) >= 11 is 0. The number of aliphatic hydroxyl groups is 1. The number of aryl methyl sites for hydroxylation is 1. The molecule has 0 aliphatic heterocycles. The SMILES string of the molecule is CCC(O)(CC)CNC(=O)NC(C)c1ccc(C)cc1. The first-order valence-corrected chi connectivity index (χ1v) is 7.23. The topological polar surface area (TPSA) is 61.4 Å². The average molecular weight is 278 g/mol. The average Bonchev–Trinajstić information content (AvgIpc) is 2.45. The molecule has 1 aromatic rings. The fraction of sp³-hybridized carbons (Fsp3) is 0.562. The van der Waals surface area contributed by atoms with Crippen LogP contribution in [0.2, 0.25) is 0 Å². The van der Waals surface area contributed by atoms with E-state index in [-0.39, 0.29) is 18.6 Å². The van der Waals surface area contributed by atoms with E-state index in [1.54, 1.807) is 0 Å². The van der Waals surface area contributed by atoms with Gasteiger partial charge in [0.15, 0.2) is 0 Å². The molecule has 4 heteroatoms. The predicted octanol–water partition coefficient (Wildman–Crippen LogP) is 2.91. The lowest BCUT2D eigenvalue weighted by molar-refractivity contribution is 0.0349. The third-order valence-electron chi connectivity index (χ3n) is 3.82. The maximum Gasteiger partial charge on any atom is 0.315 e. The van der Waals surface area contributed by atoms with Gasteiger partial charge in [-0.15, -0.1) is 0 Å². The van der Waals surface area contributed by atoms with Crippen molar-refractivity contribution in [1.82, 2.24) is 10.6 Å². The van der Waals surface area contributed by atoms with Crippen LogP contribution in [0.4, 0.5) is 4.79 Å². The van der Waals surface area contributed by atoms with Gasteiger partial charge < -0.3 is 15.7 Å². The molecule has 0 aliphatic rings. The Morgan fingerprint density at radius 3 is 2.30 bits per heavy atom. The van der Waals surface area contributed by atoms with Crippen LogP contribution < -0.4 is 10.6 Å². The van der Waals surface area contributed by atoms with E-state index in [0.717, 1.165) is 5.56 Å². The summed E-state index contributed by atoms with van der Waals surface area (Å²) in [4.78, 5) is 11.8. The second kappa shape index (κ2) is 7.29. The van der Waals surface area contributed by atoms with E-state index in [9.17, 15) is 9.90 Å². The van der Waals surface area contributed by atoms with Crippen LogP contribution >= 0.6 is 0 Å². The van der Waals surface area contributed by atoms with Crippen LogP contribution in [0.25, 0.3) is 0 Å². The Labute approximate surface area is 121 Å². The molecule has 2 amide bonds. The minimum atomic E-state index is -0.815. The molecule has 0 fully saturated rings. The molecule has 0 spiro atoms. The van der Waals surface area contributed by atoms with Gasteiger partial charge in [0.05, 0.1) is 11.6 Å². The summed E-state index contributed by atoms with van der Waals surface area (Å²) in [7, 11) is 0. The molecule has 1 aromatic carbocycles. The van der Waals surface area contributed by atoms with Crippen molar-refractivity contribution in [3.8, 4) is 0 Å². The van der Waals surface area contributed by atoms with E-state index in [1.165, 1.54) is 5.56 Å². The van der Waals surface area contributed by atoms with E-state index < -0.39 is 5.60 Å². The Hall–Kier alpha value is -1.55. The summed E-state index contributed by atoms with van der Waals surface area (Å²) in [5.41, 5.74) is 1.44. The quantitative estimate of drug-likeness (QED) is 0.749. The van der Waals surface area contributed by atoms with E-state index in [0.29, 0.717) is 12.8 Å². The molecule has 1 unspecified atom stereocenters. The zero-order valence-corrected chi connectivity index (χ0v) is 12.9. The maximum atomic E-state index is 11.8. The zero-order valence-electron chi connectivity index (χ0n) is 12.9. The molecule has 0 bridgehead atoms. The fourth-order valence-electron chi connectivity index (χ4n) is 1.93. The van der Waals surface area contributed by atoms with Gasteiger partial charge in [0.1, 0.15) is 0 Å². The predicted molar refractivity (Wildman–Crippen MR) is 81.7 cm³/mol. The van der Waals surface area contributed by atoms with Crippen LogP contribution in [-0.4, -0.2) is 23.3 Å². The molecule has 0 radical (unpaired) electrons. The summed E-state index contributed by atoms with van der Waals surface area (Å²) in [6.07, 6.45) is 1.24. The molecular weight excluding hydrogens is 252 g/mol. The van der Waals surface area contributed by atoms with Crippen molar-refractivity contribution in [1.29, 1.82) is 0 Å². The number of urea groups is 1. The van der Waals surface area contributed by atoms with E-state index >= 15 is 0 Å². The second-order valence-corrected chi connectivity index (χ2v) is 5.39. The summed E-state index contributed by atoms with van der Waals surface area (Å²) in [5, 5.41) is 15.7. The zero-order chi connectivity index (χ0) is 15.2. The number of hydrogen-bond acceptors (Lipinski definition) is 2. The van der Waals surface area contributed by atoms with Gasteiger partial charge in [0, 0.05) is 6.54 Å². The van der Waals surface area contributed by atoms with E-state index in [4.69, 9.17) is 0 Å². The van der Waals surface area contributed by atoms with Gasteiger partial charge in [-0.1, -0.05) is 43.7 Å². The first-order valence-electron chi connectivity index (χ1n) is 7.23. The normalized spacial score (nSPS) is 12.8. The minimum Gasteiger partial charge on any atom is -0.388 e. The Balaban J connectivity index is 2.48. The van der Waals surface area contributed by atoms with Crippen molar-refractivity contribution in [3.63, 3.8) is 0 Å². The lowest BCUT2D eigenvalue weighted by Gasteiger charge is -2.26. The molecular formula is C16H26N2O2. The molecule has 1 rings (SSSR count). The molecule has 0 aliphatic carbocycles. The number of amides is 2. The molecule has 0 heterocycles. The van der Waals surface area contributed by atoms with Gasteiger partial charge in [-0.2, -0.15) is 0 Å². The summed E-state index contributed by atoms with van der Waals surface area (Å²) in [6, 6.07) is 7.76. The Morgan fingerprint density at radius 1 is 1.25 bits per heavy atom. The summed E-state index contributed by atoms with van der Waals surface area (Å²) in [5.74, 6) is 0. The van der Waals surface area contributed by atoms with Crippen LogP contribution in [0.3, 0.4) is 0 Å². The number of carbonyl (C=O) groups is 1. The Bertz CT molecular complexity index is 425. The van der Waals surface area contributed by atoms with Crippen LogP contribution in [0.15, 0.2) is 24.3 Å². The van der Waals surface area contributed by atoms with Gasteiger partial charge >= 0.3 is 6.03 Å². The highest BCUT2D eigenvalue weighted by Crippen LogP contribution is 2.14. The van der Waals surface area contributed by atoms with Gasteiger partial charge in [-0.25, -0.2) is 4.79 Å². The van der Waals surface area contributed by atoms with Crippen molar-refractivity contribution in [2.75, 3.05) is 6.54 Å². The van der Waals surface area contributed by atoms with Crippen LogP contribution in [0.1, 0.15) is 50.8 Å². The summed E-state index contributed by atoms with van der Waals surface area (Å²) in [6.45, 7) is 8.07. The molecule has 20 heavy (non-hydrogen) atoms. The van der Waals surface area contributed by atoms with Crippen molar-refractivity contribution < 1.29 is 9.90 Å². The largest absolute Gasteiger partial charge is 0.388 e. The lowest BCUT2D eigenvalue weighted by Crippen LogP contribution is -2.46. The molecule has 0 saturated carbocycles. The van der Waals surface area contributed by atoms with Gasteiger partial charge in [-0.05, 0) is 32.3 Å². The number of carbonyl (C=O) groups excluding carboxylic acids is 1. The fourth-order valence-corrected chi connectivity index (χ4v) is 1.93. The number of nitrogens with one attached hydrogen (secondary N) is 2. The van der Waals surface area contributed by atoms with Crippen molar-refractivity contribution in [3.05, 3.63) is 35.4 Å². The highest BCUT2D eigenvalue weighted by atomic mass is 16.3. The number of rotatable bonds is 6. The standard InChI is InChI=1S/C16H26N2O2/c1-5-16(20,6-2)11-17-15(19)18-13(4)14-9-7-12(3)8-10-14/h7-10,13,20H,5-6,11H2,1-4H3,(H2,17,18,19). The van der Waals surface area contributed by atoms with Crippen molar-refractivity contribution in [2.24, 2.45) is 0 Å². The monoisotopic (exact) mass is 278 g/mol. The first kappa shape index (κ1) is 16.5. The Morgan fingerprint density at radius 2 is 1.80 bits per heavy atom. The van der Waals surface area contributed by atoms with Gasteiger partial charge in [0.25, 0.3) is 0 Å². The van der Waals surface area contributed by atoms with E-state index in [2.05, 4.69) is 10.6 Å². The smallest absolute Gasteiger partial charge is 0.315 e. The van der Waals surface area contributed by atoms with Gasteiger partial charge in [0.2, 0.25) is 0 Å². The van der Waals surface area contributed by atoms with Crippen LogP contribution in [0, 0.1) is 6.92 Å². The van der Waals surface area contributed by atoms with Crippen LogP contribution in [0.5, 0.6) is 0 Å². The number of hydrogen-bond donors (Lipinski definition) is 3. The third-order valence-corrected chi connectivity index (χ3v) is 3.82. The second-order valence-electron chi connectivity index (χ2n) is 5.39. The first-order chi connectivity index (χ1) is 9.40. The highest BCUT2D eigenvalue weighted by Gasteiger charge is 2.23. The van der Waals surface area contributed by atoms with Crippen molar-refractivity contribution >= 4 is 6.03 Å². The van der Waals surface area contributed by atoms with Gasteiger partial charge in [-0.3, -0.25) is 0 Å². The molecule has 3 N–H and O–H groups in total. The minimum absolute atomic E-state index is 0.0630. The molecule has 4 nitrogen and oxygen atoms in total. The van der Waals surface area contributed by atoms with E-state index in [1.807, 2.05) is 52.0 Å². The molecule has 0 saturated heterocycles. The maximum absolute atomic E-state index is 11.8. The molecule has 112 valence electrons.